The molecule has 1 amide bonds. The first-order valence-electron chi connectivity index (χ1n) is 9.78. The molecule has 0 saturated carbocycles. The zero-order valence-corrected chi connectivity index (χ0v) is 19.1. The fourth-order valence-corrected chi connectivity index (χ4v) is 4.46. The number of aromatic nitrogens is 2. The maximum Gasteiger partial charge on any atom is 0.416 e. The monoisotopic (exact) mass is 508 g/mol. The smallest absolute Gasteiger partial charge is 0.416 e. The minimum absolute atomic E-state index is 0.000280. The highest BCUT2D eigenvalue weighted by molar-refractivity contribution is 8.18. The molecule has 176 valence electrons. The molecule has 0 spiro atoms. The molecule has 4 rings (SSSR count). The number of fused-ring (bicyclic) bond motifs is 1. The van der Waals surface area contributed by atoms with Gasteiger partial charge in [-0.2, -0.15) is 23.3 Å². The number of carbonyl (C=O) groups excluding carboxylic acids is 1. The van der Waals surface area contributed by atoms with Crippen molar-refractivity contribution in [1.29, 1.82) is 0 Å². The summed E-state index contributed by atoms with van der Waals surface area (Å²) in [5, 5.41) is 14.1. The third kappa shape index (κ3) is 5.10. The fraction of sp³-hybridized carbons (Fsp3) is 0.182. The lowest BCUT2D eigenvalue weighted by Gasteiger charge is -2.14. The van der Waals surface area contributed by atoms with Crippen LogP contribution >= 0.6 is 23.4 Å². The quantitative estimate of drug-likeness (QED) is 0.501. The molecule has 1 aromatic heterocycles. The first-order chi connectivity index (χ1) is 16.0. The molecular formula is C22H16ClF3N4O3S. The van der Waals surface area contributed by atoms with Crippen LogP contribution in [0.5, 0.6) is 0 Å². The summed E-state index contributed by atoms with van der Waals surface area (Å²) in [7, 11) is 1.53. The molecular weight excluding hydrogens is 493 g/mol. The molecule has 34 heavy (non-hydrogen) atoms. The van der Waals surface area contributed by atoms with Crippen molar-refractivity contribution in [2.24, 2.45) is 4.99 Å². The molecule has 0 bridgehead atoms. The molecule has 2 aromatic carbocycles. The van der Waals surface area contributed by atoms with Crippen molar-refractivity contribution < 1.29 is 27.9 Å². The van der Waals surface area contributed by atoms with Crippen molar-refractivity contribution in [2.75, 3.05) is 13.6 Å². The number of hydrogen-bond acceptors (Lipinski definition) is 5. The lowest BCUT2D eigenvalue weighted by molar-refractivity contribution is -0.138. The Kier molecular flexibility index (Phi) is 6.41. The number of amidine groups is 1. The van der Waals surface area contributed by atoms with Crippen LogP contribution in [0.3, 0.4) is 0 Å². The van der Waals surface area contributed by atoms with Gasteiger partial charge in [-0.3, -0.25) is 14.3 Å². The number of carboxylic acid groups (broad SMARTS) is 1. The van der Waals surface area contributed by atoms with Crippen LogP contribution in [0.25, 0.3) is 17.0 Å². The molecule has 0 atom stereocenters. The summed E-state index contributed by atoms with van der Waals surface area (Å²) in [6, 6.07) is 8.81. The molecule has 1 aliphatic rings. The van der Waals surface area contributed by atoms with Crippen molar-refractivity contribution >= 4 is 57.4 Å². The standard InChI is InChI=1S/C22H16ClF3N4O3S/c1-29(11-19(31)32)21-28-20(33)18(34-21)7-12-2-5-17-14(6-12)9-27-30(17)10-13-3-4-15(23)8-16(13)22(24,25)26/h2-9H,10-11H2,1H3,(H,31,32). The number of likely N-dealkylation sites (N-methyl/N-ethyl adjacent to an activating group) is 1. The summed E-state index contributed by atoms with van der Waals surface area (Å²) >= 11 is 6.82. The predicted octanol–water partition coefficient (Wildman–Crippen LogP) is 4.74. The van der Waals surface area contributed by atoms with Gasteiger partial charge in [-0.15, -0.1) is 0 Å². The molecule has 12 heteroatoms. The third-order valence-corrected chi connectivity index (χ3v) is 6.30. The van der Waals surface area contributed by atoms with Gasteiger partial charge in [-0.05, 0) is 53.2 Å². The molecule has 3 aromatic rings. The van der Waals surface area contributed by atoms with Crippen LogP contribution in [0.15, 0.2) is 52.5 Å². The topological polar surface area (TPSA) is 87.8 Å². The highest BCUT2D eigenvalue weighted by atomic mass is 35.5. The van der Waals surface area contributed by atoms with E-state index in [4.69, 9.17) is 16.7 Å². The lowest BCUT2D eigenvalue weighted by atomic mass is 10.1. The summed E-state index contributed by atoms with van der Waals surface area (Å²) in [6.07, 6.45) is -1.39. The number of aliphatic carboxylic acids is 1. The zero-order chi connectivity index (χ0) is 24.6. The molecule has 0 radical (unpaired) electrons. The van der Waals surface area contributed by atoms with Gasteiger partial charge in [0.25, 0.3) is 5.91 Å². The zero-order valence-electron chi connectivity index (χ0n) is 17.5. The Hall–Kier alpha value is -3.31. The van der Waals surface area contributed by atoms with Crippen LogP contribution in [0.1, 0.15) is 16.7 Å². The Morgan fingerprint density at radius 1 is 1.26 bits per heavy atom. The number of carboxylic acids is 1. The van der Waals surface area contributed by atoms with E-state index in [-0.39, 0.29) is 28.8 Å². The van der Waals surface area contributed by atoms with Gasteiger partial charge in [0.05, 0.1) is 28.7 Å². The number of amides is 1. The van der Waals surface area contributed by atoms with E-state index >= 15 is 0 Å². The second-order valence-electron chi connectivity index (χ2n) is 7.48. The molecule has 0 unspecified atom stereocenters. The first-order valence-corrected chi connectivity index (χ1v) is 11.0. The van der Waals surface area contributed by atoms with Crippen LogP contribution in [0.4, 0.5) is 13.2 Å². The van der Waals surface area contributed by atoms with Crippen molar-refractivity contribution in [1.82, 2.24) is 14.7 Å². The van der Waals surface area contributed by atoms with Gasteiger partial charge < -0.3 is 10.0 Å². The fourth-order valence-electron chi connectivity index (χ4n) is 3.42. The van der Waals surface area contributed by atoms with E-state index in [9.17, 15) is 22.8 Å². The van der Waals surface area contributed by atoms with E-state index in [1.165, 1.54) is 35.0 Å². The summed E-state index contributed by atoms with van der Waals surface area (Å²) in [4.78, 5) is 28.7. The second kappa shape index (κ2) is 9.15. The Balaban J connectivity index is 1.57. The van der Waals surface area contributed by atoms with Crippen molar-refractivity contribution in [3.63, 3.8) is 0 Å². The van der Waals surface area contributed by atoms with E-state index in [1.54, 1.807) is 24.3 Å². The first kappa shape index (κ1) is 23.8. The number of alkyl halides is 3. The maximum atomic E-state index is 13.4. The van der Waals surface area contributed by atoms with Gasteiger partial charge in [-0.1, -0.05) is 23.7 Å². The van der Waals surface area contributed by atoms with Gasteiger partial charge in [0.2, 0.25) is 0 Å². The van der Waals surface area contributed by atoms with Gasteiger partial charge in [0.15, 0.2) is 5.17 Å². The van der Waals surface area contributed by atoms with Gasteiger partial charge in [0.1, 0.15) is 6.54 Å². The minimum atomic E-state index is -4.55. The van der Waals surface area contributed by atoms with Gasteiger partial charge >= 0.3 is 12.1 Å². The van der Waals surface area contributed by atoms with Gasteiger partial charge in [0, 0.05) is 17.5 Å². The van der Waals surface area contributed by atoms with Crippen LogP contribution in [-0.2, 0) is 22.3 Å². The Labute approximate surface area is 200 Å². The lowest BCUT2D eigenvalue weighted by Crippen LogP contribution is -2.29. The van der Waals surface area contributed by atoms with E-state index < -0.39 is 23.6 Å². The summed E-state index contributed by atoms with van der Waals surface area (Å²) in [5.41, 5.74) is 0.512. The SMILES string of the molecule is CN(CC(=O)O)C1=NC(=O)C(=Cc2ccc3c(cnn3Cc3ccc(Cl)cc3C(F)(F)F)c2)S1. The Bertz CT molecular complexity index is 1370. The van der Waals surface area contributed by atoms with E-state index in [2.05, 4.69) is 10.1 Å². The molecule has 7 nitrogen and oxygen atoms in total. The Morgan fingerprint density at radius 2 is 2.03 bits per heavy atom. The van der Waals surface area contributed by atoms with Crippen molar-refractivity contribution in [3.05, 3.63) is 69.2 Å². The van der Waals surface area contributed by atoms with Crippen LogP contribution < -0.4 is 0 Å². The molecule has 0 fully saturated rings. The summed E-state index contributed by atoms with van der Waals surface area (Å²) in [6.45, 7) is -0.390. The highest BCUT2D eigenvalue weighted by Crippen LogP contribution is 2.35. The summed E-state index contributed by atoms with van der Waals surface area (Å²) in [5.74, 6) is -1.52. The van der Waals surface area contributed by atoms with Crippen LogP contribution in [-0.4, -0.2) is 50.4 Å². The number of benzene rings is 2. The molecule has 2 heterocycles. The normalized spacial score (nSPS) is 15.3. The maximum absolute atomic E-state index is 13.4. The number of nitrogens with zero attached hydrogens (tertiary/aromatic N) is 4. The number of thioether (sulfide) groups is 1. The Morgan fingerprint density at radius 3 is 2.74 bits per heavy atom. The van der Waals surface area contributed by atoms with Crippen LogP contribution in [0.2, 0.25) is 5.02 Å². The predicted molar refractivity (Wildman–Crippen MR) is 124 cm³/mol. The number of aliphatic imine (C=N–C) groups is 1. The summed E-state index contributed by atoms with van der Waals surface area (Å²) < 4.78 is 41.7. The van der Waals surface area contributed by atoms with Crippen LogP contribution in [0, 0.1) is 0 Å². The average Bonchev–Trinajstić information content (AvgIpc) is 3.31. The molecule has 1 N–H and O–H groups in total. The number of carbonyl (C=O) groups is 2. The van der Waals surface area contributed by atoms with Gasteiger partial charge in [-0.25, -0.2) is 0 Å². The van der Waals surface area contributed by atoms with E-state index in [1.807, 2.05) is 0 Å². The van der Waals surface area contributed by atoms with E-state index in [0.29, 0.717) is 21.4 Å². The highest BCUT2D eigenvalue weighted by Gasteiger charge is 2.33. The number of halogens is 4. The van der Waals surface area contributed by atoms with E-state index in [0.717, 1.165) is 17.8 Å². The van der Waals surface area contributed by atoms with Crippen molar-refractivity contribution in [3.8, 4) is 0 Å². The second-order valence-corrected chi connectivity index (χ2v) is 8.93. The van der Waals surface area contributed by atoms with Crippen molar-refractivity contribution in [2.45, 2.75) is 12.7 Å². The number of hydrogen-bond donors (Lipinski definition) is 1. The third-order valence-electron chi connectivity index (χ3n) is 4.97. The molecule has 1 aliphatic heterocycles. The molecule has 0 aliphatic carbocycles. The molecule has 0 saturated heterocycles. The largest absolute Gasteiger partial charge is 0.480 e. The number of rotatable bonds is 5. The average molecular weight is 509 g/mol. The minimum Gasteiger partial charge on any atom is -0.480 e.